The Morgan fingerprint density at radius 1 is 1.12 bits per heavy atom. The maximum Gasteiger partial charge on any atom is 0.434 e. The molecule has 8 nitrogen and oxygen atoms in total. The van der Waals surface area contributed by atoms with Crippen molar-refractivity contribution in [2.24, 2.45) is 0 Å². The molecule has 0 saturated carbocycles. The number of carbonyl (C=O) groups is 2. The van der Waals surface area contributed by atoms with Gasteiger partial charge in [0.2, 0.25) is 0 Å². The van der Waals surface area contributed by atoms with Gasteiger partial charge >= 0.3 is 12.2 Å². The molecule has 0 fully saturated rings. The van der Waals surface area contributed by atoms with Gasteiger partial charge in [-0.25, -0.2) is 15.0 Å². The van der Waals surface area contributed by atoms with E-state index in [0.29, 0.717) is 0 Å². The fraction of sp³-hybridized carbons (Fsp3) is 0.500. The number of nitrogens with zero attached hydrogens (tertiary/aromatic N) is 3. The second kappa shape index (κ2) is 7.17. The smallest absolute Gasteiger partial charge is 0.434 e. The first-order chi connectivity index (χ1) is 10.9. The van der Waals surface area contributed by atoms with E-state index < -0.39 is 23.4 Å². The van der Waals surface area contributed by atoms with E-state index in [1.54, 1.807) is 41.5 Å². The molecule has 0 spiro atoms. The monoisotopic (exact) mass is 334 g/mol. The molecular formula is C16H22N4O4. The fourth-order valence-electron chi connectivity index (χ4n) is 1.53. The number of anilines is 1. The molecule has 0 aliphatic rings. The Hall–Kier alpha value is -2.82. The van der Waals surface area contributed by atoms with Gasteiger partial charge in [-0.15, -0.1) is 0 Å². The zero-order valence-corrected chi connectivity index (χ0v) is 14.7. The van der Waals surface area contributed by atoms with Gasteiger partial charge in [-0.3, -0.25) is 4.98 Å². The van der Waals surface area contributed by atoms with Crippen LogP contribution in [-0.4, -0.2) is 28.4 Å². The summed E-state index contributed by atoms with van der Waals surface area (Å²) in [5.74, 6) is 0. The Morgan fingerprint density at radius 3 is 2.21 bits per heavy atom. The molecule has 0 aromatic carbocycles. The van der Waals surface area contributed by atoms with E-state index in [2.05, 4.69) is 10.4 Å². The van der Waals surface area contributed by atoms with Crippen molar-refractivity contribution in [3.63, 3.8) is 0 Å². The van der Waals surface area contributed by atoms with Gasteiger partial charge in [0.1, 0.15) is 17.3 Å². The number of nitriles is 1. The number of hydrogen-bond acceptors (Lipinski definition) is 6. The molecule has 0 aliphatic carbocycles. The first-order valence-corrected chi connectivity index (χ1v) is 7.29. The lowest BCUT2D eigenvalue weighted by Crippen LogP contribution is -2.50. The molecule has 0 radical (unpaired) electrons. The van der Waals surface area contributed by atoms with Crippen molar-refractivity contribution in [2.75, 3.05) is 5.01 Å². The van der Waals surface area contributed by atoms with Crippen molar-refractivity contribution in [3.8, 4) is 6.07 Å². The molecule has 8 heteroatoms. The molecule has 1 heterocycles. The van der Waals surface area contributed by atoms with Crippen LogP contribution < -0.4 is 10.4 Å². The molecule has 1 N–H and O–H groups in total. The van der Waals surface area contributed by atoms with E-state index in [0.717, 1.165) is 5.01 Å². The minimum Gasteiger partial charge on any atom is -0.443 e. The number of nitrogens with one attached hydrogen (secondary N) is 1. The molecule has 1 aromatic heterocycles. The average molecular weight is 334 g/mol. The number of hydrazine groups is 1. The van der Waals surface area contributed by atoms with Crippen LogP contribution in [0.3, 0.4) is 0 Å². The number of ether oxygens (including phenoxy) is 2. The van der Waals surface area contributed by atoms with E-state index >= 15 is 0 Å². The standard InChI is InChI=1S/C16H22N4O4/c1-15(2,3)23-13(21)19-20(14(22)24-16(4,5)6)12-7-11(8-17)9-18-10-12/h7,9-10H,1-6H3,(H,19,21). The van der Waals surface area contributed by atoms with Gasteiger partial charge in [0.25, 0.3) is 0 Å². The predicted octanol–water partition coefficient (Wildman–Crippen LogP) is 3.13. The summed E-state index contributed by atoms with van der Waals surface area (Å²) < 4.78 is 10.4. The van der Waals surface area contributed by atoms with Crippen LogP contribution in [0, 0.1) is 11.3 Å². The molecule has 24 heavy (non-hydrogen) atoms. The van der Waals surface area contributed by atoms with Crippen LogP contribution in [0.4, 0.5) is 15.3 Å². The molecular weight excluding hydrogens is 312 g/mol. The SMILES string of the molecule is CC(C)(C)OC(=O)NN(C(=O)OC(C)(C)C)c1cncc(C#N)c1. The Morgan fingerprint density at radius 2 is 1.71 bits per heavy atom. The molecule has 0 unspecified atom stereocenters. The van der Waals surface area contributed by atoms with Crippen LogP contribution in [-0.2, 0) is 9.47 Å². The minimum atomic E-state index is -0.837. The second-order valence-corrected chi connectivity index (χ2v) is 6.97. The molecule has 0 atom stereocenters. The van der Waals surface area contributed by atoms with Gasteiger partial charge in [-0.05, 0) is 47.6 Å². The number of hydrogen-bond donors (Lipinski definition) is 1. The third kappa shape index (κ3) is 6.52. The number of pyridine rings is 1. The van der Waals surface area contributed by atoms with Gasteiger partial charge in [-0.1, -0.05) is 0 Å². The van der Waals surface area contributed by atoms with Gasteiger partial charge in [0.15, 0.2) is 0 Å². The van der Waals surface area contributed by atoms with Gasteiger partial charge in [-0.2, -0.15) is 10.3 Å². The molecule has 0 bridgehead atoms. The highest BCUT2D eigenvalue weighted by molar-refractivity contribution is 5.90. The number of amides is 2. The summed E-state index contributed by atoms with van der Waals surface area (Å²) in [5, 5.41) is 9.82. The van der Waals surface area contributed by atoms with E-state index in [9.17, 15) is 9.59 Å². The first kappa shape index (κ1) is 19.2. The molecule has 0 saturated heterocycles. The van der Waals surface area contributed by atoms with Gasteiger partial charge < -0.3 is 9.47 Å². The number of carbonyl (C=O) groups excluding carboxylic acids is 2. The fourth-order valence-corrected chi connectivity index (χ4v) is 1.53. The maximum atomic E-state index is 12.4. The van der Waals surface area contributed by atoms with Crippen LogP contribution in [0.15, 0.2) is 18.5 Å². The van der Waals surface area contributed by atoms with Gasteiger partial charge in [0.05, 0.1) is 17.4 Å². The van der Waals surface area contributed by atoms with E-state index in [4.69, 9.17) is 14.7 Å². The summed E-state index contributed by atoms with van der Waals surface area (Å²) in [6, 6.07) is 3.31. The summed E-state index contributed by atoms with van der Waals surface area (Å²) in [6.45, 7) is 10.2. The Kier molecular flexibility index (Phi) is 5.74. The van der Waals surface area contributed by atoms with Crippen molar-refractivity contribution >= 4 is 17.9 Å². The highest BCUT2D eigenvalue weighted by atomic mass is 16.6. The van der Waals surface area contributed by atoms with Crippen LogP contribution >= 0.6 is 0 Å². The Balaban J connectivity index is 3.09. The summed E-state index contributed by atoms with van der Waals surface area (Å²) >= 11 is 0. The van der Waals surface area contributed by atoms with E-state index in [1.165, 1.54) is 18.5 Å². The highest BCUT2D eigenvalue weighted by Gasteiger charge is 2.27. The van der Waals surface area contributed by atoms with Crippen LogP contribution in [0.1, 0.15) is 47.1 Å². The summed E-state index contributed by atoms with van der Waals surface area (Å²) in [6.07, 6.45) is 0.993. The van der Waals surface area contributed by atoms with E-state index in [1.807, 2.05) is 6.07 Å². The Labute approximate surface area is 141 Å². The van der Waals surface area contributed by atoms with Gasteiger partial charge in [0, 0.05) is 6.20 Å². The lowest BCUT2D eigenvalue weighted by atomic mass is 10.2. The maximum absolute atomic E-state index is 12.4. The predicted molar refractivity (Wildman–Crippen MR) is 87.0 cm³/mol. The van der Waals surface area contributed by atoms with Crippen molar-refractivity contribution in [3.05, 3.63) is 24.0 Å². The first-order valence-electron chi connectivity index (χ1n) is 7.29. The van der Waals surface area contributed by atoms with Crippen molar-refractivity contribution in [1.82, 2.24) is 10.4 Å². The molecule has 1 rings (SSSR count). The lowest BCUT2D eigenvalue weighted by molar-refractivity contribution is 0.0425. The van der Waals surface area contributed by atoms with Crippen molar-refractivity contribution in [2.45, 2.75) is 52.7 Å². The quantitative estimate of drug-likeness (QED) is 0.791. The Bertz CT molecular complexity index is 653. The lowest BCUT2D eigenvalue weighted by Gasteiger charge is -2.28. The largest absolute Gasteiger partial charge is 0.443 e. The molecule has 130 valence electrons. The molecule has 0 aliphatic heterocycles. The van der Waals surface area contributed by atoms with Crippen molar-refractivity contribution < 1.29 is 19.1 Å². The van der Waals surface area contributed by atoms with Crippen molar-refractivity contribution in [1.29, 1.82) is 5.26 Å². The normalized spacial score (nSPS) is 11.2. The summed E-state index contributed by atoms with van der Waals surface area (Å²) in [7, 11) is 0. The average Bonchev–Trinajstić information content (AvgIpc) is 2.41. The third-order valence-corrected chi connectivity index (χ3v) is 2.29. The number of aromatic nitrogens is 1. The summed E-state index contributed by atoms with van der Waals surface area (Å²) in [5.41, 5.74) is 1.20. The zero-order chi connectivity index (χ0) is 18.5. The number of rotatable bonds is 1. The minimum absolute atomic E-state index is 0.175. The third-order valence-electron chi connectivity index (χ3n) is 2.29. The van der Waals surface area contributed by atoms with E-state index in [-0.39, 0.29) is 11.3 Å². The van der Waals surface area contributed by atoms with Crippen LogP contribution in [0.5, 0.6) is 0 Å². The molecule has 1 aromatic rings. The zero-order valence-electron chi connectivity index (χ0n) is 14.7. The van der Waals surface area contributed by atoms with Crippen LogP contribution in [0.2, 0.25) is 0 Å². The molecule has 2 amide bonds. The van der Waals surface area contributed by atoms with Crippen LogP contribution in [0.25, 0.3) is 0 Å². The second-order valence-electron chi connectivity index (χ2n) is 6.97. The highest BCUT2D eigenvalue weighted by Crippen LogP contribution is 2.17. The topological polar surface area (TPSA) is 105 Å². The summed E-state index contributed by atoms with van der Waals surface area (Å²) in [4.78, 5) is 28.3.